The Balaban J connectivity index is 1.89. The third kappa shape index (κ3) is 3.04. The van der Waals surface area contributed by atoms with E-state index < -0.39 is 0 Å². The third-order valence-corrected chi connectivity index (χ3v) is 3.50. The monoisotopic (exact) mass is 300 g/mol. The number of hydrogen-bond donors (Lipinski definition) is 2. The van der Waals surface area contributed by atoms with Crippen molar-refractivity contribution in [3.05, 3.63) is 34.1 Å². The Bertz CT molecular complexity index is 433. The highest BCUT2D eigenvalue weighted by atomic mass is 79.9. The van der Waals surface area contributed by atoms with Crippen LogP contribution in [-0.4, -0.2) is 11.9 Å². The molecule has 1 aromatic carbocycles. The van der Waals surface area contributed by atoms with Gasteiger partial charge < -0.3 is 11.1 Å². The van der Waals surface area contributed by atoms with Gasteiger partial charge in [0.1, 0.15) is 5.82 Å². The molecule has 0 unspecified atom stereocenters. The largest absolute Gasteiger partial charge is 0.352 e. The highest BCUT2D eigenvalue weighted by molar-refractivity contribution is 9.10. The number of benzene rings is 1. The molecule has 1 fully saturated rings. The Morgan fingerprint density at radius 3 is 2.88 bits per heavy atom. The molecule has 17 heavy (non-hydrogen) atoms. The molecule has 5 heteroatoms. The van der Waals surface area contributed by atoms with Gasteiger partial charge in [0.05, 0.1) is 0 Å². The molecular formula is C12H14BrFN2O. The number of halogens is 2. The standard InChI is InChI=1S/C12H14BrFN2O/c13-9-1-2-11(14)8(3-9)6-16-12(17)7-4-10(15)5-7/h1-3,7,10H,4-6,15H2,(H,16,17). The Kier molecular flexibility index (Phi) is 3.79. The lowest BCUT2D eigenvalue weighted by Crippen LogP contribution is -2.44. The molecule has 2 rings (SSSR count). The quantitative estimate of drug-likeness (QED) is 0.896. The molecule has 1 aromatic rings. The van der Waals surface area contributed by atoms with Crippen LogP contribution in [0.1, 0.15) is 18.4 Å². The van der Waals surface area contributed by atoms with Gasteiger partial charge in [-0.2, -0.15) is 0 Å². The Morgan fingerprint density at radius 2 is 2.24 bits per heavy atom. The number of nitrogens with one attached hydrogen (secondary N) is 1. The topological polar surface area (TPSA) is 55.1 Å². The molecule has 3 N–H and O–H groups in total. The van der Waals surface area contributed by atoms with Crippen LogP contribution < -0.4 is 11.1 Å². The minimum Gasteiger partial charge on any atom is -0.352 e. The van der Waals surface area contributed by atoms with Crippen molar-refractivity contribution in [2.75, 3.05) is 0 Å². The highest BCUT2D eigenvalue weighted by Crippen LogP contribution is 2.25. The molecule has 0 radical (unpaired) electrons. The molecule has 0 aliphatic heterocycles. The lowest BCUT2D eigenvalue weighted by atomic mass is 9.80. The predicted octanol–water partition coefficient (Wildman–Crippen LogP) is 1.94. The van der Waals surface area contributed by atoms with Crippen LogP contribution in [-0.2, 0) is 11.3 Å². The average molecular weight is 301 g/mol. The Labute approximate surface area is 108 Å². The second kappa shape index (κ2) is 5.14. The summed E-state index contributed by atoms with van der Waals surface area (Å²) in [6.45, 7) is 0.218. The van der Waals surface area contributed by atoms with Gasteiger partial charge in [-0.3, -0.25) is 4.79 Å². The van der Waals surface area contributed by atoms with Crippen LogP contribution in [0.3, 0.4) is 0 Å². The van der Waals surface area contributed by atoms with E-state index in [0.717, 1.165) is 17.3 Å². The van der Waals surface area contributed by atoms with Crippen molar-refractivity contribution < 1.29 is 9.18 Å². The van der Waals surface area contributed by atoms with Crippen LogP contribution in [0.5, 0.6) is 0 Å². The summed E-state index contributed by atoms with van der Waals surface area (Å²) >= 11 is 3.27. The van der Waals surface area contributed by atoms with E-state index in [9.17, 15) is 9.18 Å². The van der Waals surface area contributed by atoms with E-state index in [1.165, 1.54) is 6.07 Å². The van der Waals surface area contributed by atoms with E-state index in [1.54, 1.807) is 12.1 Å². The number of nitrogens with two attached hydrogens (primary N) is 1. The van der Waals surface area contributed by atoms with Crippen molar-refractivity contribution >= 4 is 21.8 Å². The molecule has 1 saturated carbocycles. The zero-order chi connectivity index (χ0) is 12.4. The van der Waals surface area contributed by atoms with Crippen LogP contribution in [0.25, 0.3) is 0 Å². The second-order valence-corrected chi connectivity index (χ2v) is 5.30. The summed E-state index contributed by atoms with van der Waals surface area (Å²) in [6.07, 6.45) is 1.46. The average Bonchev–Trinajstić information content (AvgIpc) is 2.26. The lowest BCUT2D eigenvalue weighted by molar-refractivity contribution is -0.128. The van der Waals surface area contributed by atoms with E-state index in [2.05, 4.69) is 21.2 Å². The molecule has 92 valence electrons. The maximum Gasteiger partial charge on any atom is 0.223 e. The third-order valence-electron chi connectivity index (χ3n) is 3.01. The summed E-state index contributed by atoms with van der Waals surface area (Å²) in [4.78, 5) is 11.6. The van der Waals surface area contributed by atoms with Gasteiger partial charge in [0.2, 0.25) is 5.91 Å². The number of rotatable bonds is 3. The van der Waals surface area contributed by atoms with Crippen LogP contribution >= 0.6 is 15.9 Å². The van der Waals surface area contributed by atoms with E-state index in [0.29, 0.717) is 5.56 Å². The summed E-state index contributed by atoms with van der Waals surface area (Å²) in [5, 5.41) is 2.73. The van der Waals surface area contributed by atoms with Crippen molar-refractivity contribution in [3.8, 4) is 0 Å². The number of amides is 1. The highest BCUT2D eigenvalue weighted by Gasteiger charge is 2.31. The first-order chi connectivity index (χ1) is 8.06. The van der Waals surface area contributed by atoms with Crippen molar-refractivity contribution in [2.45, 2.75) is 25.4 Å². The van der Waals surface area contributed by atoms with Gasteiger partial charge in [-0.15, -0.1) is 0 Å². The van der Waals surface area contributed by atoms with Gasteiger partial charge >= 0.3 is 0 Å². The molecule has 1 aliphatic rings. The number of hydrogen-bond acceptors (Lipinski definition) is 2. The Hall–Kier alpha value is -0.940. The molecular weight excluding hydrogens is 287 g/mol. The van der Waals surface area contributed by atoms with Gasteiger partial charge in [-0.25, -0.2) is 4.39 Å². The zero-order valence-electron chi connectivity index (χ0n) is 9.25. The second-order valence-electron chi connectivity index (χ2n) is 4.38. The fourth-order valence-electron chi connectivity index (χ4n) is 1.88. The van der Waals surface area contributed by atoms with Crippen molar-refractivity contribution in [2.24, 2.45) is 11.7 Å². The molecule has 1 aliphatic carbocycles. The minimum absolute atomic E-state index is 0.000198. The zero-order valence-corrected chi connectivity index (χ0v) is 10.8. The van der Waals surface area contributed by atoms with E-state index >= 15 is 0 Å². The summed E-state index contributed by atoms with van der Waals surface area (Å²) in [7, 11) is 0. The number of carbonyl (C=O) groups excluding carboxylic acids is 1. The van der Waals surface area contributed by atoms with E-state index in [1.807, 2.05) is 0 Å². The van der Waals surface area contributed by atoms with Gasteiger partial charge in [-0.1, -0.05) is 15.9 Å². The molecule has 0 aromatic heterocycles. The molecule has 0 heterocycles. The van der Waals surface area contributed by atoms with E-state index in [-0.39, 0.29) is 30.2 Å². The Morgan fingerprint density at radius 1 is 1.53 bits per heavy atom. The first-order valence-electron chi connectivity index (χ1n) is 5.53. The fourth-order valence-corrected chi connectivity index (χ4v) is 2.29. The normalized spacial score (nSPS) is 23.0. The minimum atomic E-state index is -0.307. The lowest BCUT2D eigenvalue weighted by Gasteiger charge is -2.31. The molecule has 3 nitrogen and oxygen atoms in total. The molecule has 0 bridgehead atoms. The summed E-state index contributed by atoms with van der Waals surface area (Å²) in [5.41, 5.74) is 6.09. The summed E-state index contributed by atoms with van der Waals surface area (Å²) < 4.78 is 14.2. The van der Waals surface area contributed by atoms with Gasteiger partial charge in [0.25, 0.3) is 0 Å². The molecule has 0 atom stereocenters. The van der Waals surface area contributed by atoms with Crippen LogP contribution in [0.15, 0.2) is 22.7 Å². The predicted molar refractivity (Wildman–Crippen MR) is 66.6 cm³/mol. The summed E-state index contributed by atoms with van der Waals surface area (Å²) in [5.74, 6) is -0.342. The van der Waals surface area contributed by atoms with E-state index in [4.69, 9.17) is 5.73 Å². The first kappa shape index (κ1) is 12.5. The van der Waals surface area contributed by atoms with Gasteiger partial charge in [0, 0.05) is 28.5 Å². The van der Waals surface area contributed by atoms with Crippen molar-refractivity contribution in [1.82, 2.24) is 5.32 Å². The molecule has 0 spiro atoms. The van der Waals surface area contributed by atoms with Crippen LogP contribution in [0.4, 0.5) is 4.39 Å². The fraction of sp³-hybridized carbons (Fsp3) is 0.417. The molecule has 0 saturated heterocycles. The SMILES string of the molecule is NC1CC(C(=O)NCc2cc(Br)ccc2F)C1. The van der Waals surface area contributed by atoms with Gasteiger partial charge in [0.15, 0.2) is 0 Å². The molecule has 1 amide bonds. The van der Waals surface area contributed by atoms with Crippen molar-refractivity contribution in [3.63, 3.8) is 0 Å². The smallest absolute Gasteiger partial charge is 0.223 e. The summed E-state index contributed by atoms with van der Waals surface area (Å²) in [6, 6.07) is 4.83. The maximum absolute atomic E-state index is 13.4. The van der Waals surface area contributed by atoms with Crippen LogP contribution in [0, 0.1) is 11.7 Å². The van der Waals surface area contributed by atoms with Gasteiger partial charge in [-0.05, 0) is 31.0 Å². The van der Waals surface area contributed by atoms with Crippen LogP contribution in [0.2, 0.25) is 0 Å². The maximum atomic E-state index is 13.4. The van der Waals surface area contributed by atoms with Crippen molar-refractivity contribution in [1.29, 1.82) is 0 Å². The number of carbonyl (C=O) groups is 1. The first-order valence-corrected chi connectivity index (χ1v) is 6.33.